The SMILES string of the molecule is CCC(C)CN(CC)C(=O)N1CCSCC1CC(=O)O. The molecule has 6 heteroatoms. The molecule has 0 aromatic carbocycles. The van der Waals surface area contributed by atoms with Crippen LogP contribution in [0.2, 0.25) is 0 Å². The van der Waals surface area contributed by atoms with E-state index in [1.165, 1.54) is 0 Å². The summed E-state index contributed by atoms with van der Waals surface area (Å²) in [6.45, 7) is 8.30. The molecule has 1 saturated heterocycles. The summed E-state index contributed by atoms with van der Waals surface area (Å²) < 4.78 is 0. The van der Waals surface area contributed by atoms with Crippen LogP contribution in [-0.4, -0.2) is 64.1 Å². The van der Waals surface area contributed by atoms with Gasteiger partial charge in [0.25, 0.3) is 0 Å². The smallest absolute Gasteiger partial charge is 0.320 e. The molecule has 5 nitrogen and oxygen atoms in total. The van der Waals surface area contributed by atoms with E-state index in [9.17, 15) is 9.59 Å². The van der Waals surface area contributed by atoms with Crippen molar-refractivity contribution in [3.63, 3.8) is 0 Å². The molecular formula is C14H26N2O3S. The summed E-state index contributed by atoms with van der Waals surface area (Å²) in [7, 11) is 0. The Balaban J connectivity index is 2.71. The van der Waals surface area contributed by atoms with Crippen LogP contribution in [0.25, 0.3) is 0 Å². The van der Waals surface area contributed by atoms with Crippen LogP contribution in [0, 0.1) is 5.92 Å². The van der Waals surface area contributed by atoms with Gasteiger partial charge in [0.1, 0.15) is 0 Å². The Hall–Kier alpha value is -0.910. The molecule has 0 radical (unpaired) electrons. The Kier molecular flexibility index (Phi) is 7.19. The summed E-state index contributed by atoms with van der Waals surface area (Å²) in [5.41, 5.74) is 0. The number of hydrogen-bond acceptors (Lipinski definition) is 3. The molecule has 1 aliphatic heterocycles. The molecule has 0 spiro atoms. The highest BCUT2D eigenvalue weighted by Gasteiger charge is 2.31. The second kappa shape index (κ2) is 8.39. The third kappa shape index (κ3) is 4.89. The minimum absolute atomic E-state index is 0.000602. The van der Waals surface area contributed by atoms with Crippen molar-refractivity contribution in [1.82, 2.24) is 9.80 Å². The number of aliphatic carboxylic acids is 1. The Labute approximate surface area is 125 Å². The van der Waals surface area contributed by atoms with E-state index in [0.717, 1.165) is 24.5 Å². The molecular weight excluding hydrogens is 276 g/mol. The molecule has 0 aliphatic carbocycles. The van der Waals surface area contributed by atoms with E-state index in [-0.39, 0.29) is 18.5 Å². The van der Waals surface area contributed by atoms with Gasteiger partial charge in [0, 0.05) is 31.1 Å². The average molecular weight is 302 g/mol. The summed E-state index contributed by atoms with van der Waals surface area (Å²) in [6.07, 6.45) is 1.08. The zero-order valence-electron chi connectivity index (χ0n) is 12.7. The minimum atomic E-state index is -0.833. The van der Waals surface area contributed by atoms with Gasteiger partial charge in [-0.25, -0.2) is 4.79 Å². The second-order valence-electron chi connectivity index (χ2n) is 5.35. The van der Waals surface area contributed by atoms with Gasteiger partial charge in [0.2, 0.25) is 0 Å². The number of urea groups is 1. The summed E-state index contributed by atoms with van der Waals surface area (Å²) in [5, 5.41) is 8.98. The fraction of sp³-hybridized carbons (Fsp3) is 0.857. The van der Waals surface area contributed by atoms with E-state index >= 15 is 0 Å². The summed E-state index contributed by atoms with van der Waals surface area (Å²) in [4.78, 5) is 27.2. The fourth-order valence-corrected chi connectivity index (χ4v) is 3.37. The number of amides is 2. The van der Waals surface area contributed by atoms with Crippen LogP contribution in [0.4, 0.5) is 4.79 Å². The molecule has 2 amide bonds. The third-order valence-corrected chi connectivity index (χ3v) is 4.86. The molecule has 1 rings (SSSR count). The summed E-state index contributed by atoms with van der Waals surface area (Å²) in [6, 6.07) is -0.177. The van der Waals surface area contributed by atoms with Gasteiger partial charge in [-0.15, -0.1) is 0 Å². The van der Waals surface area contributed by atoms with Crippen LogP contribution in [0.5, 0.6) is 0 Å². The lowest BCUT2D eigenvalue weighted by Gasteiger charge is -2.38. The van der Waals surface area contributed by atoms with Gasteiger partial charge < -0.3 is 14.9 Å². The van der Waals surface area contributed by atoms with Crippen molar-refractivity contribution in [2.75, 3.05) is 31.1 Å². The molecule has 0 aromatic heterocycles. The standard InChI is InChI=1S/C14H26N2O3S/c1-4-11(3)9-15(5-2)14(19)16-6-7-20-10-12(16)8-13(17)18/h11-12H,4-10H2,1-3H3,(H,17,18). The van der Waals surface area contributed by atoms with Crippen molar-refractivity contribution in [2.45, 2.75) is 39.7 Å². The number of hydrogen-bond donors (Lipinski definition) is 1. The minimum Gasteiger partial charge on any atom is -0.481 e. The van der Waals surface area contributed by atoms with Crippen LogP contribution >= 0.6 is 11.8 Å². The monoisotopic (exact) mass is 302 g/mol. The van der Waals surface area contributed by atoms with E-state index in [0.29, 0.717) is 19.0 Å². The lowest BCUT2D eigenvalue weighted by molar-refractivity contribution is -0.138. The first-order valence-electron chi connectivity index (χ1n) is 7.34. The van der Waals surface area contributed by atoms with Gasteiger partial charge in [0.05, 0.1) is 12.5 Å². The van der Waals surface area contributed by atoms with Crippen molar-refractivity contribution in [1.29, 1.82) is 0 Å². The number of rotatable bonds is 6. The molecule has 20 heavy (non-hydrogen) atoms. The normalized spacial score (nSPS) is 20.6. The highest BCUT2D eigenvalue weighted by Crippen LogP contribution is 2.21. The highest BCUT2D eigenvalue weighted by atomic mass is 32.2. The third-order valence-electron chi connectivity index (χ3n) is 3.76. The van der Waals surface area contributed by atoms with Gasteiger partial charge in [-0.2, -0.15) is 11.8 Å². The second-order valence-corrected chi connectivity index (χ2v) is 6.50. The van der Waals surface area contributed by atoms with Crippen LogP contribution < -0.4 is 0 Å². The molecule has 1 aliphatic rings. The number of carbonyl (C=O) groups is 2. The van der Waals surface area contributed by atoms with Gasteiger partial charge in [0.15, 0.2) is 0 Å². The predicted octanol–water partition coefficient (Wildman–Crippen LogP) is 2.37. The molecule has 2 unspecified atom stereocenters. The Bertz CT molecular complexity index is 338. The molecule has 2 atom stereocenters. The zero-order valence-corrected chi connectivity index (χ0v) is 13.5. The van der Waals surface area contributed by atoms with Crippen LogP contribution in [0.3, 0.4) is 0 Å². The molecule has 0 aromatic rings. The quantitative estimate of drug-likeness (QED) is 0.818. The first-order chi connectivity index (χ1) is 9.49. The molecule has 0 bridgehead atoms. The molecule has 1 heterocycles. The first-order valence-corrected chi connectivity index (χ1v) is 8.50. The predicted molar refractivity (Wildman–Crippen MR) is 82.2 cm³/mol. The van der Waals surface area contributed by atoms with Crippen molar-refractivity contribution >= 4 is 23.8 Å². The lowest BCUT2D eigenvalue weighted by Crippen LogP contribution is -2.53. The Morgan fingerprint density at radius 1 is 1.45 bits per heavy atom. The number of carboxylic acids is 1. The van der Waals surface area contributed by atoms with E-state index in [2.05, 4.69) is 13.8 Å². The number of carbonyl (C=O) groups excluding carboxylic acids is 1. The maximum atomic E-state index is 12.6. The number of nitrogens with zero attached hydrogens (tertiary/aromatic N) is 2. The van der Waals surface area contributed by atoms with Gasteiger partial charge in [-0.3, -0.25) is 4.79 Å². The average Bonchev–Trinajstić information content (AvgIpc) is 2.43. The lowest BCUT2D eigenvalue weighted by atomic mass is 10.1. The maximum Gasteiger partial charge on any atom is 0.320 e. The van der Waals surface area contributed by atoms with Crippen molar-refractivity contribution < 1.29 is 14.7 Å². The van der Waals surface area contributed by atoms with Crippen molar-refractivity contribution in [3.05, 3.63) is 0 Å². The van der Waals surface area contributed by atoms with E-state index in [4.69, 9.17) is 5.11 Å². The fourth-order valence-electron chi connectivity index (χ4n) is 2.31. The molecule has 0 saturated carbocycles. The zero-order chi connectivity index (χ0) is 15.1. The molecule has 116 valence electrons. The van der Waals surface area contributed by atoms with Crippen LogP contribution in [-0.2, 0) is 4.79 Å². The van der Waals surface area contributed by atoms with E-state index < -0.39 is 5.97 Å². The largest absolute Gasteiger partial charge is 0.481 e. The molecule has 1 N–H and O–H groups in total. The van der Waals surface area contributed by atoms with Crippen LogP contribution in [0.1, 0.15) is 33.6 Å². The topological polar surface area (TPSA) is 60.9 Å². The maximum absolute atomic E-state index is 12.6. The van der Waals surface area contributed by atoms with Crippen molar-refractivity contribution in [3.8, 4) is 0 Å². The number of thioether (sulfide) groups is 1. The summed E-state index contributed by atoms with van der Waals surface area (Å²) in [5.74, 6) is 1.25. The summed E-state index contributed by atoms with van der Waals surface area (Å²) >= 11 is 1.73. The molecule has 1 fully saturated rings. The highest BCUT2D eigenvalue weighted by molar-refractivity contribution is 7.99. The number of carboxylic acid groups (broad SMARTS) is 1. The van der Waals surface area contributed by atoms with Gasteiger partial charge >= 0.3 is 12.0 Å². The van der Waals surface area contributed by atoms with Gasteiger partial charge in [-0.05, 0) is 12.8 Å². The van der Waals surface area contributed by atoms with Crippen LogP contribution in [0.15, 0.2) is 0 Å². The Morgan fingerprint density at radius 3 is 2.70 bits per heavy atom. The first kappa shape index (κ1) is 17.1. The Morgan fingerprint density at radius 2 is 2.15 bits per heavy atom. The van der Waals surface area contributed by atoms with Crippen molar-refractivity contribution in [2.24, 2.45) is 5.92 Å². The van der Waals surface area contributed by atoms with E-state index in [1.807, 2.05) is 11.8 Å². The van der Waals surface area contributed by atoms with E-state index in [1.54, 1.807) is 16.7 Å². The van der Waals surface area contributed by atoms with Gasteiger partial charge in [-0.1, -0.05) is 20.3 Å².